The first-order chi connectivity index (χ1) is 11.7. The molecule has 2 atom stereocenters. The van der Waals surface area contributed by atoms with E-state index in [9.17, 15) is 9.59 Å². The number of unbranched alkanes of at least 4 members (excludes halogenated alkanes) is 7. The molecule has 0 aliphatic heterocycles. The molecule has 24 heavy (non-hydrogen) atoms. The molecule has 2 unspecified atom stereocenters. The summed E-state index contributed by atoms with van der Waals surface area (Å²) in [6, 6.07) is 0. The topological polar surface area (TPSA) is 43.4 Å². The maximum Gasteiger partial charge on any atom is 0.316 e. The molecule has 0 aromatic heterocycles. The van der Waals surface area contributed by atoms with Crippen LogP contribution in [0, 0.1) is 11.8 Å². The molecule has 1 aliphatic carbocycles. The van der Waals surface area contributed by atoms with Crippen molar-refractivity contribution in [1.29, 1.82) is 0 Å². The fourth-order valence-electron chi connectivity index (χ4n) is 3.33. The number of carbonyl (C=O) groups excluding carboxylic acids is 2. The molecule has 0 bridgehead atoms. The summed E-state index contributed by atoms with van der Waals surface area (Å²) in [5.74, 6) is -0.311. The molecule has 1 rings (SSSR count). The van der Waals surface area contributed by atoms with Crippen LogP contribution >= 0.6 is 0 Å². The summed E-state index contributed by atoms with van der Waals surface area (Å²) in [6.07, 6.45) is 17.9. The molecule has 0 spiro atoms. The molecule has 0 aromatic rings. The van der Waals surface area contributed by atoms with E-state index < -0.39 is 0 Å². The summed E-state index contributed by atoms with van der Waals surface area (Å²) in [5, 5.41) is 0. The zero-order valence-corrected chi connectivity index (χ0v) is 15.7. The number of allylic oxidation sites excluding steroid dienone is 2. The lowest BCUT2D eigenvalue weighted by Gasteiger charge is -2.23. The van der Waals surface area contributed by atoms with E-state index in [1.165, 1.54) is 38.5 Å². The van der Waals surface area contributed by atoms with Crippen LogP contribution in [0.15, 0.2) is 12.2 Å². The highest BCUT2D eigenvalue weighted by Crippen LogP contribution is 2.28. The summed E-state index contributed by atoms with van der Waals surface area (Å²) in [5.41, 5.74) is 0. The number of carbonyl (C=O) groups is 2. The highest BCUT2D eigenvalue weighted by molar-refractivity contribution is 5.86. The molecular weight excluding hydrogens is 300 g/mol. The molecule has 0 heterocycles. The maximum absolute atomic E-state index is 12.2. The highest BCUT2D eigenvalue weighted by atomic mass is 16.6. The third kappa shape index (κ3) is 9.24. The molecule has 0 saturated carbocycles. The molecule has 1 aliphatic rings. The van der Waals surface area contributed by atoms with Crippen LogP contribution in [-0.4, -0.2) is 11.9 Å². The Morgan fingerprint density at radius 2 is 1.62 bits per heavy atom. The smallest absolute Gasteiger partial charge is 0.316 e. The van der Waals surface area contributed by atoms with E-state index in [-0.39, 0.29) is 17.9 Å². The van der Waals surface area contributed by atoms with Crippen LogP contribution in [0.3, 0.4) is 0 Å². The van der Waals surface area contributed by atoms with Crippen molar-refractivity contribution in [3.8, 4) is 0 Å². The lowest BCUT2D eigenvalue weighted by Crippen LogP contribution is -2.24. The van der Waals surface area contributed by atoms with Gasteiger partial charge in [0.15, 0.2) is 0 Å². The molecule has 0 N–H and O–H groups in total. The van der Waals surface area contributed by atoms with Crippen molar-refractivity contribution in [2.75, 3.05) is 0 Å². The minimum absolute atomic E-state index is 0.129. The van der Waals surface area contributed by atoms with E-state index in [2.05, 4.69) is 26.0 Å². The minimum Gasteiger partial charge on any atom is -0.393 e. The zero-order valence-electron chi connectivity index (χ0n) is 15.7. The number of rotatable bonds is 12. The Labute approximate surface area is 148 Å². The normalized spacial score (nSPS) is 20.1. The Kier molecular flexibility index (Phi) is 11.5. The van der Waals surface area contributed by atoms with E-state index in [1.54, 1.807) is 0 Å². The Morgan fingerprint density at radius 3 is 2.33 bits per heavy atom. The zero-order chi connectivity index (χ0) is 17.6. The number of hydrogen-bond donors (Lipinski definition) is 0. The summed E-state index contributed by atoms with van der Waals surface area (Å²) in [6.45, 7) is 4.38. The molecule has 0 radical (unpaired) electrons. The van der Waals surface area contributed by atoms with Gasteiger partial charge in [-0.15, -0.1) is 0 Å². The van der Waals surface area contributed by atoms with Gasteiger partial charge in [-0.1, -0.05) is 77.4 Å². The van der Waals surface area contributed by atoms with Gasteiger partial charge in [-0.25, -0.2) is 0 Å². The molecule has 138 valence electrons. The number of hydrogen-bond acceptors (Lipinski definition) is 3. The first-order valence-corrected chi connectivity index (χ1v) is 10.1. The highest BCUT2D eigenvalue weighted by Gasteiger charge is 2.26. The maximum atomic E-state index is 12.2. The molecular formula is C21H36O3. The second-order valence-corrected chi connectivity index (χ2v) is 7.16. The van der Waals surface area contributed by atoms with Gasteiger partial charge in [0.25, 0.3) is 0 Å². The van der Waals surface area contributed by atoms with E-state index in [0.29, 0.717) is 18.8 Å². The summed E-state index contributed by atoms with van der Waals surface area (Å²) < 4.78 is 5.08. The van der Waals surface area contributed by atoms with E-state index in [4.69, 9.17) is 4.74 Å². The fraction of sp³-hybridized carbons (Fsp3) is 0.810. The summed E-state index contributed by atoms with van der Waals surface area (Å²) >= 11 is 0. The Bertz CT molecular complexity index is 387. The van der Waals surface area contributed by atoms with Gasteiger partial charge in [0, 0.05) is 6.42 Å². The molecule has 0 saturated heterocycles. The van der Waals surface area contributed by atoms with Crippen LogP contribution in [0.1, 0.15) is 97.3 Å². The fourth-order valence-corrected chi connectivity index (χ4v) is 3.33. The van der Waals surface area contributed by atoms with E-state index in [0.717, 1.165) is 32.1 Å². The van der Waals surface area contributed by atoms with Crippen LogP contribution in [0.5, 0.6) is 0 Å². The van der Waals surface area contributed by atoms with Crippen molar-refractivity contribution in [1.82, 2.24) is 0 Å². The van der Waals surface area contributed by atoms with E-state index in [1.807, 2.05) is 0 Å². The Hall–Kier alpha value is -1.12. The Balaban J connectivity index is 2.21. The largest absolute Gasteiger partial charge is 0.393 e. The third-order valence-corrected chi connectivity index (χ3v) is 4.88. The molecule has 0 aromatic carbocycles. The van der Waals surface area contributed by atoms with Crippen molar-refractivity contribution in [3.05, 3.63) is 12.2 Å². The van der Waals surface area contributed by atoms with Gasteiger partial charge in [0.2, 0.25) is 0 Å². The SMILES string of the molecule is CCCCCCCC(=O)OC(=O)C1CC=CC(CCCCCC)C1. The van der Waals surface area contributed by atoms with Crippen LogP contribution < -0.4 is 0 Å². The average Bonchev–Trinajstić information content (AvgIpc) is 2.59. The van der Waals surface area contributed by atoms with Gasteiger partial charge < -0.3 is 4.74 Å². The predicted octanol–water partition coefficient (Wildman–Crippen LogP) is 5.97. The summed E-state index contributed by atoms with van der Waals surface area (Å²) in [7, 11) is 0. The van der Waals surface area contributed by atoms with Crippen molar-refractivity contribution in [2.24, 2.45) is 11.8 Å². The first-order valence-electron chi connectivity index (χ1n) is 10.1. The second kappa shape index (κ2) is 13.2. The lowest BCUT2D eigenvalue weighted by atomic mass is 9.84. The predicted molar refractivity (Wildman–Crippen MR) is 98.6 cm³/mol. The van der Waals surface area contributed by atoms with Gasteiger partial charge in [0.1, 0.15) is 0 Å². The van der Waals surface area contributed by atoms with Crippen LogP contribution in [0.2, 0.25) is 0 Å². The lowest BCUT2D eigenvalue weighted by molar-refractivity contribution is -0.163. The number of esters is 2. The van der Waals surface area contributed by atoms with E-state index >= 15 is 0 Å². The molecule has 0 amide bonds. The first kappa shape index (κ1) is 20.9. The van der Waals surface area contributed by atoms with Gasteiger partial charge >= 0.3 is 11.9 Å². The number of ether oxygens (including phenoxy) is 1. The van der Waals surface area contributed by atoms with Crippen molar-refractivity contribution < 1.29 is 14.3 Å². The van der Waals surface area contributed by atoms with Gasteiger partial charge in [-0.2, -0.15) is 0 Å². The standard InChI is InChI=1S/C21H36O3/c1-3-5-7-9-11-16-20(22)24-21(23)19-15-12-14-18(17-19)13-10-8-6-4-2/h12,14,18-19H,3-11,13,15-17H2,1-2H3. The van der Waals surface area contributed by atoms with Crippen LogP contribution in [-0.2, 0) is 14.3 Å². The average molecular weight is 337 g/mol. The van der Waals surface area contributed by atoms with Crippen LogP contribution in [0.4, 0.5) is 0 Å². The van der Waals surface area contributed by atoms with Gasteiger partial charge in [-0.05, 0) is 31.6 Å². The molecule has 3 heteroatoms. The van der Waals surface area contributed by atoms with Gasteiger partial charge in [0.05, 0.1) is 5.92 Å². The molecule has 0 fully saturated rings. The van der Waals surface area contributed by atoms with Crippen molar-refractivity contribution >= 4 is 11.9 Å². The monoisotopic (exact) mass is 336 g/mol. The quantitative estimate of drug-likeness (QED) is 0.191. The third-order valence-electron chi connectivity index (χ3n) is 4.88. The van der Waals surface area contributed by atoms with Crippen LogP contribution in [0.25, 0.3) is 0 Å². The van der Waals surface area contributed by atoms with Gasteiger partial charge in [-0.3, -0.25) is 9.59 Å². The van der Waals surface area contributed by atoms with Crippen molar-refractivity contribution in [3.63, 3.8) is 0 Å². The second-order valence-electron chi connectivity index (χ2n) is 7.16. The van der Waals surface area contributed by atoms with Crippen molar-refractivity contribution in [2.45, 2.75) is 97.3 Å². The minimum atomic E-state index is -0.342. The summed E-state index contributed by atoms with van der Waals surface area (Å²) in [4.78, 5) is 24.0. The Morgan fingerprint density at radius 1 is 0.958 bits per heavy atom. The molecule has 3 nitrogen and oxygen atoms in total.